The molecule has 0 unspecified atom stereocenters. The molecule has 17 heavy (non-hydrogen) atoms. The zero-order valence-corrected chi connectivity index (χ0v) is 9.27. The lowest BCUT2D eigenvalue weighted by atomic mass is 10.1. The topological polar surface area (TPSA) is 78.1 Å². The van der Waals surface area contributed by atoms with Gasteiger partial charge in [0.2, 0.25) is 0 Å². The molecule has 0 heterocycles. The second kappa shape index (κ2) is 3.28. The number of nitrogen functional groups attached to an aromatic ring is 3. The fourth-order valence-electron chi connectivity index (χ4n) is 2.32. The van der Waals surface area contributed by atoms with Gasteiger partial charge in [-0.25, -0.2) is 0 Å². The van der Waals surface area contributed by atoms with Crippen LogP contribution in [0.5, 0.6) is 0 Å². The lowest BCUT2D eigenvalue weighted by Gasteiger charge is -2.05. The minimum absolute atomic E-state index is 0.661. The average Bonchev–Trinajstić information content (AvgIpc) is 2.55. The van der Waals surface area contributed by atoms with E-state index >= 15 is 0 Å². The molecule has 0 aliphatic rings. The molecule has 0 aliphatic carbocycles. The Kier molecular flexibility index (Phi) is 1.89. The lowest BCUT2D eigenvalue weighted by molar-refractivity contribution is 1.82. The van der Waals surface area contributed by atoms with Crippen LogP contribution in [0.3, 0.4) is 0 Å². The summed E-state index contributed by atoms with van der Waals surface area (Å²) in [6.07, 6.45) is 0. The SMILES string of the molecule is Nc1ccccc2cc3ccc(N)c3c(N)c12. The summed E-state index contributed by atoms with van der Waals surface area (Å²) in [5, 5.41) is 3.86. The number of rotatable bonds is 0. The molecule has 0 aromatic heterocycles. The predicted molar refractivity (Wildman–Crippen MR) is 74.7 cm³/mol. The van der Waals surface area contributed by atoms with Gasteiger partial charge in [-0.3, -0.25) is 0 Å². The van der Waals surface area contributed by atoms with Gasteiger partial charge in [-0.05, 0) is 29.0 Å². The van der Waals surface area contributed by atoms with Crippen molar-refractivity contribution in [3.8, 4) is 0 Å². The van der Waals surface area contributed by atoms with Crippen LogP contribution >= 0.6 is 0 Å². The first-order valence-electron chi connectivity index (χ1n) is 5.43. The Balaban J connectivity index is 2.66. The Bertz CT molecular complexity index is 732. The standard InChI is InChI=1S/C14H13N3/c15-10-4-2-1-3-8-7-9-5-6-11(16)13(9)14(17)12(8)10/h1-7H,15-17H2. The van der Waals surface area contributed by atoms with Crippen molar-refractivity contribution in [2.75, 3.05) is 17.2 Å². The van der Waals surface area contributed by atoms with Crippen LogP contribution in [0.4, 0.5) is 17.1 Å². The van der Waals surface area contributed by atoms with Gasteiger partial charge in [-0.1, -0.05) is 24.3 Å². The van der Waals surface area contributed by atoms with Crippen LogP contribution < -0.4 is 17.2 Å². The summed E-state index contributed by atoms with van der Waals surface area (Å²) in [6, 6.07) is 13.6. The normalized spacial score (nSPS) is 11.1. The molecule has 3 nitrogen and oxygen atoms in total. The summed E-state index contributed by atoms with van der Waals surface area (Å²) < 4.78 is 0. The van der Waals surface area contributed by atoms with Crippen molar-refractivity contribution in [2.24, 2.45) is 0 Å². The van der Waals surface area contributed by atoms with Crippen molar-refractivity contribution in [3.05, 3.63) is 42.5 Å². The number of anilines is 3. The maximum atomic E-state index is 6.20. The third-order valence-corrected chi connectivity index (χ3v) is 3.11. The first-order chi connectivity index (χ1) is 8.18. The molecule has 3 rings (SSSR count). The highest BCUT2D eigenvalue weighted by molar-refractivity contribution is 6.18. The van der Waals surface area contributed by atoms with E-state index in [9.17, 15) is 0 Å². The smallest absolute Gasteiger partial charge is 0.0515 e. The number of hydrogen-bond acceptors (Lipinski definition) is 3. The molecule has 3 heteroatoms. The zero-order chi connectivity index (χ0) is 12.0. The second-order valence-electron chi connectivity index (χ2n) is 4.18. The van der Waals surface area contributed by atoms with Gasteiger partial charge in [0.05, 0.1) is 5.69 Å². The molecular formula is C14H13N3. The van der Waals surface area contributed by atoms with Gasteiger partial charge in [0.1, 0.15) is 0 Å². The van der Waals surface area contributed by atoms with E-state index in [1.54, 1.807) is 0 Å². The molecule has 3 aromatic carbocycles. The molecule has 0 atom stereocenters. The van der Waals surface area contributed by atoms with Gasteiger partial charge in [-0.2, -0.15) is 0 Å². The highest BCUT2D eigenvalue weighted by atomic mass is 14.6. The molecule has 84 valence electrons. The van der Waals surface area contributed by atoms with E-state index in [0.29, 0.717) is 17.1 Å². The van der Waals surface area contributed by atoms with Gasteiger partial charge in [0.15, 0.2) is 0 Å². The van der Waals surface area contributed by atoms with Crippen LogP contribution in [0.2, 0.25) is 0 Å². The predicted octanol–water partition coefficient (Wildman–Crippen LogP) is 2.74. The van der Waals surface area contributed by atoms with Crippen LogP contribution in [0, 0.1) is 0 Å². The number of fused-ring (bicyclic) bond motifs is 2. The maximum absolute atomic E-state index is 6.20. The Hall–Kier alpha value is -2.42. The summed E-state index contributed by atoms with van der Waals surface area (Å²) in [5.74, 6) is 0. The van der Waals surface area contributed by atoms with Gasteiger partial charge >= 0.3 is 0 Å². The van der Waals surface area contributed by atoms with Crippen molar-refractivity contribution in [1.29, 1.82) is 0 Å². The van der Waals surface area contributed by atoms with Crippen LogP contribution in [-0.2, 0) is 0 Å². The van der Waals surface area contributed by atoms with Gasteiger partial charge in [0.25, 0.3) is 0 Å². The zero-order valence-electron chi connectivity index (χ0n) is 9.27. The minimum Gasteiger partial charge on any atom is -0.398 e. The molecule has 0 radical (unpaired) electrons. The molecule has 0 bridgehead atoms. The summed E-state index contributed by atoms with van der Waals surface area (Å²) in [6.45, 7) is 0. The van der Waals surface area contributed by atoms with E-state index < -0.39 is 0 Å². The molecule has 6 N–H and O–H groups in total. The Labute approximate surface area is 98.8 Å². The van der Waals surface area contributed by atoms with Gasteiger partial charge < -0.3 is 17.2 Å². The van der Waals surface area contributed by atoms with E-state index in [-0.39, 0.29) is 0 Å². The Morgan fingerprint density at radius 1 is 0.647 bits per heavy atom. The maximum Gasteiger partial charge on any atom is 0.0515 e. The molecule has 0 aliphatic heterocycles. The quantitative estimate of drug-likeness (QED) is 0.513. The van der Waals surface area contributed by atoms with E-state index in [1.165, 1.54) is 0 Å². The van der Waals surface area contributed by atoms with E-state index in [2.05, 4.69) is 6.07 Å². The molecule has 3 aromatic rings. The number of benzene rings is 1. The Morgan fingerprint density at radius 3 is 2.00 bits per heavy atom. The van der Waals surface area contributed by atoms with E-state index in [0.717, 1.165) is 21.5 Å². The monoisotopic (exact) mass is 223 g/mol. The first-order valence-corrected chi connectivity index (χ1v) is 5.43. The van der Waals surface area contributed by atoms with Crippen LogP contribution in [-0.4, -0.2) is 0 Å². The largest absolute Gasteiger partial charge is 0.398 e. The fourth-order valence-corrected chi connectivity index (χ4v) is 2.32. The average molecular weight is 223 g/mol. The molecule has 0 saturated carbocycles. The van der Waals surface area contributed by atoms with Crippen molar-refractivity contribution in [2.45, 2.75) is 0 Å². The number of hydrogen-bond donors (Lipinski definition) is 3. The third kappa shape index (κ3) is 1.29. The van der Waals surface area contributed by atoms with Crippen LogP contribution in [0.25, 0.3) is 21.5 Å². The van der Waals surface area contributed by atoms with Crippen LogP contribution in [0.15, 0.2) is 42.5 Å². The molecule has 0 spiro atoms. The van der Waals surface area contributed by atoms with Crippen LogP contribution in [0.1, 0.15) is 0 Å². The summed E-state index contributed by atoms with van der Waals surface area (Å²) in [4.78, 5) is 0. The van der Waals surface area contributed by atoms with Gasteiger partial charge in [0, 0.05) is 22.1 Å². The highest BCUT2D eigenvalue weighted by Crippen LogP contribution is 2.37. The van der Waals surface area contributed by atoms with Gasteiger partial charge in [-0.15, -0.1) is 0 Å². The lowest BCUT2D eigenvalue weighted by Crippen LogP contribution is -1.93. The molecule has 0 amide bonds. The first kappa shape index (κ1) is 9.78. The molecule has 0 fully saturated rings. The van der Waals surface area contributed by atoms with Crippen molar-refractivity contribution < 1.29 is 0 Å². The third-order valence-electron chi connectivity index (χ3n) is 3.11. The summed E-state index contributed by atoms with van der Waals surface area (Å²) in [5.41, 5.74) is 20.2. The Morgan fingerprint density at radius 2 is 1.24 bits per heavy atom. The van der Waals surface area contributed by atoms with Crippen molar-refractivity contribution >= 4 is 38.6 Å². The molecule has 0 saturated heterocycles. The second-order valence-corrected chi connectivity index (χ2v) is 4.18. The minimum atomic E-state index is 0.661. The van der Waals surface area contributed by atoms with E-state index in [4.69, 9.17) is 17.2 Å². The van der Waals surface area contributed by atoms with Crippen molar-refractivity contribution in [3.63, 3.8) is 0 Å². The summed E-state index contributed by atoms with van der Waals surface area (Å²) >= 11 is 0. The van der Waals surface area contributed by atoms with Crippen molar-refractivity contribution in [1.82, 2.24) is 0 Å². The fraction of sp³-hybridized carbons (Fsp3) is 0. The summed E-state index contributed by atoms with van der Waals surface area (Å²) in [7, 11) is 0. The highest BCUT2D eigenvalue weighted by Gasteiger charge is 2.09. The van der Waals surface area contributed by atoms with E-state index in [1.807, 2.05) is 36.4 Å². The molecular weight excluding hydrogens is 210 g/mol. The number of nitrogens with two attached hydrogens (primary N) is 3.